The van der Waals surface area contributed by atoms with Crippen LogP contribution in [0.1, 0.15) is 41.0 Å². The molecule has 0 aromatic carbocycles. The number of hydrogen-bond donors (Lipinski definition) is 2. The number of nitrogens with one attached hydrogen (secondary N) is 1. The Morgan fingerprint density at radius 2 is 2.29 bits per heavy atom. The number of hydrogen-bond acceptors (Lipinski definition) is 5. The molecule has 1 aliphatic carbocycles. The molecule has 1 unspecified atom stereocenters. The molecule has 1 saturated carbocycles. The van der Waals surface area contributed by atoms with Crippen molar-refractivity contribution in [1.82, 2.24) is 14.9 Å². The van der Waals surface area contributed by atoms with E-state index in [9.17, 15) is 4.79 Å². The maximum Gasteiger partial charge on any atom is 0.265 e. The highest BCUT2D eigenvalue weighted by Crippen LogP contribution is 2.27. The quantitative estimate of drug-likeness (QED) is 0.843. The van der Waals surface area contributed by atoms with Crippen LogP contribution >= 0.6 is 11.5 Å². The molecule has 0 bridgehead atoms. The highest BCUT2D eigenvalue weighted by molar-refractivity contribution is 7.08. The number of aromatic nitrogens is 2. The van der Waals surface area contributed by atoms with E-state index < -0.39 is 0 Å². The number of carbonyl (C=O) groups is 1. The molecule has 1 fully saturated rings. The largest absolute Gasteiger partial charge is 0.347 e. The van der Waals surface area contributed by atoms with E-state index in [0.29, 0.717) is 23.0 Å². The van der Waals surface area contributed by atoms with Gasteiger partial charge in [-0.1, -0.05) is 17.3 Å². The lowest BCUT2D eigenvalue weighted by molar-refractivity contribution is 0.0927. The first-order valence-electron chi connectivity index (χ1n) is 6.02. The summed E-state index contributed by atoms with van der Waals surface area (Å²) in [6, 6.07) is 0.0894. The summed E-state index contributed by atoms with van der Waals surface area (Å²) >= 11 is 1.14. The van der Waals surface area contributed by atoms with E-state index in [1.54, 1.807) is 6.92 Å². The molecular formula is C11H18N4OS. The number of aryl methyl sites for hydroxylation is 1. The van der Waals surface area contributed by atoms with Gasteiger partial charge >= 0.3 is 0 Å². The molecule has 1 amide bonds. The van der Waals surface area contributed by atoms with E-state index in [4.69, 9.17) is 5.73 Å². The second kappa shape index (κ2) is 5.55. The number of carbonyl (C=O) groups excluding carboxylic acids is 1. The molecule has 0 radical (unpaired) electrons. The Bertz CT molecular complexity index is 387. The van der Waals surface area contributed by atoms with Crippen molar-refractivity contribution in [2.45, 2.75) is 38.6 Å². The molecule has 6 heteroatoms. The highest BCUT2D eigenvalue weighted by atomic mass is 32.1. The Hall–Kier alpha value is -1.01. The number of nitrogens with two attached hydrogens (primary N) is 1. The fourth-order valence-electron chi connectivity index (χ4n) is 2.40. The highest BCUT2D eigenvalue weighted by Gasteiger charge is 2.26. The van der Waals surface area contributed by atoms with Crippen LogP contribution in [0.4, 0.5) is 0 Å². The third-order valence-electron chi connectivity index (χ3n) is 3.40. The smallest absolute Gasteiger partial charge is 0.265 e. The first-order valence-corrected chi connectivity index (χ1v) is 6.79. The molecule has 94 valence electrons. The molecule has 2 rings (SSSR count). The van der Waals surface area contributed by atoms with Gasteiger partial charge in [-0.2, -0.15) is 0 Å². The third-order valence-corrected chi connectivity index (χ3v) is 4.22. The van der Waals surface area contributed by atoms with Gasteiger partial charge in [0.1, 0.15) is 4.88 Å². The summed E-state index contributed by atoms with van der Waals surface area (Å²) in [5.41, 5.74) is 6.44. The van der Waals surface area contributed by atoms with Crippen LogP contribution < -0.4 is 11.1 Å². The van der Waals surface area contributed by atoms with Crippen LogP contribution in [-0.2, 0) is 0 Å². The summed E-state index contributed by atoms with van der Waals surface area (Å²) in [6.45, 7) is 2.30. The van der Waals surface area contributed by atoms with Crippen molar-refractivity contribution in [3.8, 4) is 0 Å². The van der Waals surface area contributed by atoms with Crippen LogP contribution in [0.25, 0.3) is 0 Å². The first kappa shape index (κ1) is 12.4. The van der Waals surface area contributed by atoms with Crippen molar-refractivity contribution in [1.29, 1.82) is 0 Å². The van der Waals surface area contributed by atoms with Gasteiger partial charge in [0.05, 0.1) is 5.69 Å². The Balaban J connectivity index is 1.99. The maximum atomic E-state index is 12.0. The summed E-state index contributed by atoms with van der Waals surface area (Å²) < 4.78 is 3.77. The zero-order chi connectivity index (χ0) is 12.3. The van der Waals surface area contributed by atoms with Crippen molar-refractivity contribution >= 4 is 17.4 Å². The third kappa shape index (κ3) is 2.81. The maximum absolute atomic E-state index is 12.0. The zero-order valence-electron chi connectivity index (χ0n) is 9.98. The SMILES string of the molecule is Cc1nnsc1C(=O)NC(CN)C1CCCC1. The fourth-order valence-corrected chi connectivity index (χ4v) is 2.96. The topological polar surface area (TPSA) is 80.9 Å². The standard InChI is InChI=1S/C11H18N4OS/c1-7-10(17-15-14-7)11(16)13-9(6-12)8-4-2-3-5-8/h8-9H,2-6,12H2,1H3,(H,13,16). The van der Waals surface area contributed by atoms with Crippen LogP contribution in [0.15, 0.2) is 0 Å². The van der Waals surface area contributed by atoms with E-state index >= 15 is 0 Å². The predicted octanol–water partition coefficient (Wildman–Crippen LogP) is 1.09. The Labute approximate surface area is 105 Å². The molecule has 0 spiro atoms. The molecule has 17 heavy (non-hydrogen) atoms. The minimum atomic E-state index is -0.0835. The molecule has 5 nitrogen and oxygen atoms in total. The molecule has 3 N–H and O–H groups in total. The van der Waals surface area contributed by atoms with Gasteiger partial charge in [-0.3, -0.25) is 4.79 Å². The van der Waals surface area contributed by atoms with Crippen LogP contribution in [0.3, 0.4) is 0 Å². The summed E-state index contributed by atoms with van der Waals surface area (Å²) in [4.78, 5) is 12.6. The molecule has 0 aliphatic heterocycles. The van der Waals surface area contributed by atoms with Crippen LogP contribution in [0, 0.1) is 12.8 Å². The fraction of sp³-hybridized carbons (Fsp3) is 0.727. The van der Waals surface area contributed by atoms with Gasteiger partial charge in [-0.05, 0) is 37.2 Å². The molecule has 1 aromatic rings. The molecular weight excluding hydrogens is 236 g/mol. The van der Waals surface area contributed by atoms with Crippen molar-refractivity contribution in [3.05, 3.63) is 10.6 Å². The summed E-state index contributed by atoms with van der Waals surface area (Å²) in [5, 5.41) is 6.86. The van der Waals surface area contributed by atoms with E-state index in [1.165, 1.54) is 25.7 Å². The Morgan fingerprint density at radius 3 is 2.82 bits per heavy atom. The molecule has 1 heterocycles. The zero-order valence-corrected chi connectivity index (χ0v) is 10.8. The van der Waals surface area contributed by atoms with E-state index in [-0.39, 0.29) is 11.9 Å². The monoisotopic (exact) mass is 254 g/mol. The van der Waals surface area contributed by atoms with Crippen molar-refractivity contribution in [3.63, 3.8) is 0 Å². The van der Waals surface area contributed by atoms with E-state index in [1.807, 2.05) is 0 Å². The van der Waals surface area contributed by atoms with Crippen LogP contribution in [-0.4, -0.2) is 28.1 Å². The van der Waals surface area contributed by atoms with Gasteiger partial charge in [0.2, 0.25) is 0 Å². The van der Waals surface area contributed by atoms with Crippen molar-refractivity contribution in [2.75, 3.05) is 6.54 Å². The Kier molecular flexibility index (Phi) is 4.06. The second-order valence-electron chi connectivity index (χ2n) is 4.55. The second-order valence-corrected chi connectivity index (χ2v) is 5.30. The predicted molar refractivity (Wildman–Crippen MR) is 66.9 cm³/mol. The lowest BCUT2D eigenvalue weighted by Gasteiger charge is -2.22. The van der Waals surface area contributed by atoms with E-state index in [0.717, 1.165) is 11.5 Å². The van der Waals surface area contributed by atoms with Gasteiger partial charge in [0.15, 0.2) is 0 Å². The lowest BCUT2D eigenvalue weighted by atomic mass is 9.98. The van der Waals surface area contributed by atoms with E-state index in [2.05, 4.69) is 14.9 Å². The Morgan fingerprint density at radius 1 is 1.59 bits per heavy atom. The summed E-state index contributed by atoms with van der Waals surface area (Å²) in [7, 11) is 0. The van der Waals surface area contributed by atoms with Gasteiger partial charge in [0, 0.05) is 12.6 Å². The van der Waals surface area contributed by atoms with Crippen molar-refractivity contribution in [2.24, 2.45) is 11.7 Å². The minimum absolute atomic E-state index is 0.0835. The van der Waals surface area contributed by atoms with Crippen LogP contribution in [0.2, 0.25) is 0 Å². The number of amides is 1. The summed E-state index contributed by atoms with van der Waals surface area (Å²) in [5.74, 6) is 0.449. The van der Waals surface area contributed by atoms with Gasteiger partial charge in [-0.15, -0.1) is 5.10 Å². The molecule has 1 atom stereocenters. The average Bonchev–Trinajstić information content (AvgIpc) is 2.96. The van der Waals surface area contributed by atoms with Crippen LogP contribution in [0.5, 0.6) is 0 Å². The normalized spacial score (nSPS) is 18.2. The summed E-state index contributed by atoms with van der Waals surface area (Å²) in [6.07, 6.45) is 4.83. The average molecular weight is 254 g/mol. The lowest BCUT2D eigenvalue weighted by Crippen LogP contribution is -2.44. The minimum Gasteiger partial charge on any atom is -0.347 e. The van der Waals surface area contributed by atoms with Gasteiger partial charge in [-0.25, -0.2) is 0 Å². The van der Waals surface area contributed by atoms with Gasteiger partial charge < -0.3 is 11.1 Å². The number of nitrogens with zero attached hydrogens (tertiary/aromatic N) is 2. The molecule has 0 saturated heterocycles. The number of rotatable bonds is 4. The first-order chi connectivity index (χ1) is 8.22. The molecule has 1 aliphatic rings. The molecule has 1 aromatic heterocycles. The van der Waals surface area contributed by atoms with Gasteiger partial charge in [0.25, 0.3) is 5.91 Å². The van der Waals surface area contributed by atoms with Crippen molar-refractivity contribution < 1.29 is 4.79 Å².